The summed E-state index contributed by atoms with van der Waals surface area (Å²) in [7, 11) is 1.29. The number of aromatic nitrogens is 1. The minimum Gasteiger partial charge on any atom is -0.463 e. The van der Waals surface area contributed by atoms with Crippen LogP contribution in [0.15, 0.2) is 11.0 Å². The fourth-order valence-corrected chi connectivity index (χ4v) is 0.787. The van der Waals surface area contributed by atoms with E-state index < -0.39 is 5.97 Å². The van der Waals surface area contributed by atoms with Crippen molar-refractivity contribution in [3.8, 4) is 0 Å². The summed E-state index contributed by atoms with van der Waals surface area (Å²) in [6, 6.07) is 0. The second kappa shape index (κ2) is 3.21. The topological polar surface area (TPSA) is 52.3 Å². The number of carbonyl (C=O) groups is 1. The van der Waals surface area contributed by atoms with E-state index in [1.807, 2.05) is 0 Å². The molecule has 0 saturated carbocycles. The normalized spacial score (nSPS) is 9.50. The molecule has 1 rings (SSSR count). The highest BCUT2D eigenvalue weighted by molar-refractivity contribution is 5.87. The molecule has 0 atom stereocenters. The molecule has 0 aliphatic rings. The molecular formula is C8H9NO3. The van der Waals surface area contributed by atoms with Crippen molar-refractivity contribution in [3.63, 3.8) is 0 Å². The van der Waals surface area contributed by atoms with E-state index in [2.05, 4.69) is 16.3 Å². The van der Waals surface area contributed by atoms with E-state index in [1.165, 1.54) is 13.2 Å². The van der Waals surface area contributed by atoms with Crippen LogP contribution in [0.4, 0.5) is 0 Å². The molecule has 0 amide bonds. The zero-order valence-electron chi connectivity index (χ0n) is 6.96. The van der Waals surface area contributed by atoms with Crippen molar-refractivity contribution in [3.05, 3.63) is 23.9 Å². The number of aryl methyl sites for hydroxylation is 1. The van der Waals surface area contributed by atoms with Crippen LogP contribution in [0.3, 0.4) is 0 Å². The van der Waals surface area contributed by atoms with Crippen LogP contribution in [0, 0.1) is 6.92 Å². The van der Waals surface area contributed by atoms with Crippen LogP contribution in [-0.4, -0.2) is 18.1 Å². The molecule has 4 heteroatoms. The van der Waals surface area contributed by atoms with Crippen LogP contribution in [0.25, 0.3) is 6.08 Å². The number of nitrogens with zero attached hydrogens (tertiary/aromatic N) is 1. The van der Waals surface area contributed by atoms with E-state index in [0.717, 1.165) is 0 Å². The highest BCUT2D eigenvalue weighted by Gasteiger charge is 2.15. The van der Waals surface area contributed by atoms with Crippen molar-refractivity contribution in [1.29, 1.82) is 0 Å². The highest BCUT2D eigenvalue weighted by Crippen LogP contribution is 2.11. The van der Waals surface area contributed by atoms with Crippen molar-refractivity contribution in [2.45, 2.75) is 6.92 Å². The third-order valence-corrected chi connectivity index (χ3v) is 1.36. The average Bonchev–Trinajstić information content (AvgIpc) is 2.45. The summed E-state index contributed by atoms with van der Waals surface area (Å²) in [5.74, 6) is -0.0617. The van der Waals surface area contributed by atoms with Crippen LogP contribution in [0.2, 0.25) is 0 Å². The fourth-order valence-electron chi connectivity index (χ4n) is 0.787. The summed E-state index contributed by atoms with van der Waals surface area (Å²) in [5.41, 5.74) is 0.511. The molecule has 64 valence electrons. The molecule has 0 spiro atoms. The largest absolute Gasteiger partial charge is 0.463 e. The fraction of sp³-hybridized carbons (Fsp3) is 0.250. The summed E-state index contributed by atoms with van der Waals surface area (Å²) in [4.78, 5) is 14.9. The van der Waals surface area contributed by atoms with Crippen molar-refractivity contribution in [2.24, 2.45) is 0 Å². The van der Waals surface area contributed by atoms with E-state index in [0.29, 0.717) is 11.6 Å². The third-order valence-electron chi connectivity index (χ3n) is 1.36. The molecule has 4 nitrogen and oxygen atoms in total. The van der Waals surface area contributed by atoms with E-state index in [1.54, 1.807) is 6.92 Å². The molecule has 0 aromatic carbocycles. The Balaban J connectivity index is 3.07. The molecule has 1 aromatic heterocycles. The number of hydrogen-bond acceptors (Lipinski definition) is 4. The Bertz CT molecular complexity index is 314. The van der Waals surface area contributed by atoms with Crippen LogP contribution in [0.5, 0.6) is 0 Å². The predicted octanol–water partition coefficient (Wildman–Crippen LogP) is 1.41. The maximum atomic E-state index is 11.0. The molecule has 0 unspecified atom stereocenters. The second-order valence-corrected chi connectivity index (χ2v) is 2.16. The number of esters is 1. The average molecular weight is 167 g/mol. The predicted molar refractivity (Wildman–Crippen MR) is 42.7 cm³/mol. The van der Waals surface area contributed by atoms with E-state index in [4.69, 9.17) is 4.42 Å². The van der Waals surface area contributed by atoms with Gasteiger partial charge in [-0.1, -0.05) is 6.58 Å². The first-order chi connectivity index (χ1) is 5.69. The SMILES string of the molecule is C=Cc1nc(C)c(C(=O)OC)o1. The number of ether oxygens (including phenoxy) is 1. The van der Waals surface area contributed by atoms with E-state index in [9.17, 15) is 4.79 Å². The van der Waals surface area contributed by atoms with Gasteiger partial charge in [0.15, 0.2) is 0 Å². The smallest absolute Gasteiger partial charge is 0.375 e. The maximum absolute atomic E-state index is 11.0. The molecule has 0 aliphatic carbocycles. The Labute approximate surface area is 69.9 Å². The molecule has 0 saturated heterocycles. The lowest BCUT2D eigenvalue weighted by Crippen LogP contribution is -2.00. The first-order valence-electron chi connectivity index (χ1n) is 3.37. The summed E-state index contributed by atoms with van der Waals surface area (Å²) in [6.07, 6.45) is 1.43. The lowest BCUT2D eigenvalue weighted by atomic mass is 10.4. The van der Waals surface area contributed by atoms with Gasteiger partial charge in [-0.3, -0.25) is 0 Å². The van der Waals surface area contributed by atoms with Crippen molar-refractivity contribution >= 4 is 12.0 Å². The molecule has 0 N–H and O–H groups in total. The summed E-state index contributed by atoms with van der Waals surface area (Å²) in [5, 5.41) is 0. The monoisotopic (exact) mass is 167 g/mol. The Hall–Kier alpha value is -1.58. The van der Waals surface area contributed by atoms with Gasteiger partial charge in [0.25, 0.3) is 0 Å². The summed E-state index contributed by atoms with van der Waals surface area (Å²) >= 11 is 0. The molecule has 12 heavy (non-hydrogen) atoms. The van der Waals surface area contributed by atoms with Crippen LogP contribution < -0.4 is 0 Å². The van der Waals surface area contributed by atoms with Gasteiger partial charge in [-0.2, -0.15) is 0 Å². The lowest BCUT2D eigenvalue weighted by Gasteiger charge is -1.92. The second-order valence-electron chi connectivity index (χ2n) is 2.16. The van der Waals surface area contributed by atoms with Crippen LogP contribution in [0.1, 0.15) is 22.1 Å². The molecule has 0 bridgehead atoms. The molecule has 0 fully saturated rings. The lowest BCUT2D eigenvalue weighted by molar-refractivity contribution is 0.0563. The summed E-state index contributed by atoms with van der Waals surface area (Å²) < 4.78 is 9.48. The minimum atomic E-state index is -0.520. The van der Waals surface area contributed by atoms with Gasteiger partial charge in [0.2, 0.25) is 11.7 Å². The van der Waals surface area contributed by atoms with Gasteiger partial charge in [0, 0.05) is 0 Å². The van der Waals surface area contributed by atoms with Gasteiger partial charge in [-0.05, 0) is 13.0 Å². The first-order valence-corrected chi connectivity index (χ1v) is 3.37. The van der Waals surface area contributed by atoms with Crippen molar-refractivity contribution in [2.75, 3.05) is 7.11 Å². The summed E-state index contributed by atoms with van der Waals surface area (Å²) in [6.45, 7) is 5.13. The number of methoxy groups -OCH3 is 1. The van der Waals surface area contributed by atoms with Gasteiger partial charge < -0.3 is 9.15 Å². The zero-order chi connectivity index (χ0) is 9.14. The number of carbonyl (C=O) groups excluding carboxylic acids is 1. The van der Waals surface area contributed by atoms with Gasteiger partial charge >= 0.3 is 5.97 Å². The molecular weight excluding hydrogens is 158 g/mol. The quantitative estimate of drug-likeness (QED) is 0.625. The number of rotatable bonds is 2. The molecule has 0 aliphatic heterocycles. The van der Waals surface area contributed by atoms with Gasteiger partial charge in [0.1, 0.15) is 0 Å². The van der Waals surface area contributed by atoms with E-state index >= 15 is 0 Å². The van der Waals surface area contributed by atoms with Crippen LogP contribution >= 0.6 is 0 Å². The third kappa shape index (κ3) is 1.37. The Morgan fingerprint density at radius 1 is 1.75 bits per heavy atom. The molecule has 0 radical (unpaired) electrons. The Morgan fingerprint density at radius 2 is 2.42 bits per heavy atom. The Morgan fingerprint density at radius 3 is 2.83 bits per heavy atom. The highest BCUT2D eigenvalue weighted by atomic mass is 16.5. The molecule has 1 heterocycles. The zero-order valence-corrected chi connectivity index (χ0v) is 6.96. The van der Waals surface area contributed by atoms with E-state index in [-0.39, 0.29) is 5.76 Å². The van der Waals surface area contributed by atoms with Gasteiger partial charge in [-0.15, -0.1) is 0 Å². The van der Waals surface area contributed by atoms with Gasteiger partial charge in [-0.25, -0.2) is 9.78 Å². The Kier molecular flexibility index (Phi) is 2.28. The van der Waals surface area contributed by atoms with Crippen molar-refractivity contribution < 1.29 is 13.9 Å². The standard InChI is InChI=1S/C8H9NO3/c1-4-6-9-5(2)7(12-6)8(10)11-3/h4H,1H2,2-3H3. The number of oxazole rings is 1. The maximum Gasteiger partial charge on any atom is 0.375 e. The minimum absolute atomic E-state index is 0.132. The number of hydrogen-bond donors (Lipinski definition) is 0. The van der Waals surface area contributed by atoms with Crippen molar-refractivity contribution in [1.82, 2.24) is 4.98 Å². The molecule has 1 aromatic rings. The first kappa shape index (κ1) is 8.52. The van der Waals surface area contributed by atoms with Crippen LogP contribution in [-0.2, 0) is 4.74 Å². The van der Waals surface area contributed by atoms with Gasteiger partial charge in [0.05, 0.1) is 12.8 Å².